The highest BCUT2D eigenvalue weighted by Crippen LogP contribution is 2.21. The number of nitrogens with one attached hydrogen (secondary N) is 1. The van der Waals surface area contributed by atoms with Crippen LogP contribution in [0.1, 0.15) is 40.5 Å². The number of hydrogen-bond acceptors (Lipinski definition) is 5. The minimum atomic E-state index is -0.630. The quantitative estimate of drug-likeness (QED) is 0.630. The average molecular weight is 277 g/mol. The van der Waals surface area contributed by atoms with Gasteiger partial charge in [-0.25, -0.2) is 0 Å². The van der Waals surface area contributed by atoms with Gasteiger partial charge in [-0.3, -0.25) is 10.1 Å². The fourth-order valence-electron chi connectivity index (χ4n) is 1.82. The molecule has 4 nitrogen and oxygen atoms in total. The normalized spacial score (nSPS) is 16.4. The molecule has 0 saturated heterocycles. The second-order valence-electron chi connectivity index (χ2n) is 5.07. The molecule has 0 aliphatic carbocycles. The molecule has 0 bridgehead atoms. The van der Waals surface area contributed by atoms with Gasteiger partial charge >= 0.3 is 5.97 Å². The van der Waals surface area contributed by atoms with Crippen LogP contribution in [0.25, 0.3) is 0 Å². The van der Waals surface area contributed by atoms with Gasteiger partial charge in [-0.1, -0.05) is 6.92 Å². The Kier molecular flexibility index (Phi) is 8.65. The fourth-order valence-corrected chi connectivity index (χ4v) is 3.03. The van der Waals surface area contributed by atoms with Gasteiger partial charge in [-0.05, 0) is 39.4 Å². The molecule has 0 aromatic carbocycles. The number of methoxy groups -OCH3 is 1. The van der Waals surface area contributed by atoms with Crippen molar-refractivity contribution in [2.75, 3.05) is 19.5 Å². The summed E-state index contributed by atoms with van der Waals surface area (Å²) in [7, 11) is 1.42. The van der Waals surface area contributed by atoms with Crippen molar-refractivity contribution in [3.8, 4) is 0 Å². The zero-order valence-corrected chi connectivity index (χ0v) is 13.0. The van der Waals surface area contributed by atoms with Crippen LogP contribution in [-0.2, 0) is 9.53 Å². The van der Waals surface area contributed by atoms with Gasteiger partial charge in [0.1, 0.15) is 5.54 Å². The second kappa shape index (κ2) is 8.77. The minimum absolute atomic E-state index is 0.215. The molecule has 0 aromatic rings. The first-order valence-corrected chi connectivity index (χ1v) is 7.49. The molecule has 0 aromatic heterocycles. The van der Waals surface area contributed by atoms with Crippen LogP contribution in [-0.4, -0.2) is 47.4 Å². The summed E-state index contributed by atoms with van der Waals surface area (Å²) in [6.45, 7) is 8.22. The minimum Gasteiger partial charge on any atom is -0.468 e. The summed E-state index contributed by atoms with van der Waals surface area (Å²) in [4.78, 5) is 11.8. The maximum absolute atomic E-state index is 11.8. The van der Waals surface area contributed by atoms with Gasteiger partial charge in [0.25, 0.3) is 0 Å². The van der Waals surface area contributed by atoms with Gasteiger partial charge in [0.2, 0.25) is 0 Å². The monoisotopic (exact) mass is 277 g/mol. The third-order valence-electron chi connectivity index (χ3n) is 2.78. The number of carbonyl (C=O) groups is 1. The van der Waals surface area contributed by atoms with E-state index in [1.165, 1.54) is 7.11 Å². The Bertz CT molecular complexity index is 248. The van der Waals surface area contributed by atoms with Crippen LogP contribution in [0, 0.1) is 0 Å². The molecule has 0 radical (unpaired) electrons. The summed E-state index contributed by atoms with van der Waals surface area (Å²) in [6.07, 6.45) is 1.51. The number of ether oxygens (including phenoxy) is 1. The highest BCUT2D eigenvalue weighted by Gasteiger charge is 2.34. The average Bonchev–Trinajstić information content (AvgIpc) is 2.27. The van der Waals surface area contributed by atoms with E-state index in [1.54, 1.807) is 11.8 Å². The molecule has 2 atom stereocenters. The molecule has 0 heterocycles. The number of aliphatic hydroxyl groups excluding tert-OH is 1. The molecule has 18 heavy (non-hydrogen) atoms. The van der Waals surface area contributed by atoms with Crippen molar-refractivity contribution >= 4 is 17.7 Å². The summed E-state index contributed by atoms with van der Waals surface area (Å²) < 4.78 is 4.87. The first-order valence-electron chi connectivity index (χ1n) is 6.44. The molecule has 0 aliphatic heterocycles. The Morgan fingerprint density at radius 2 is 2.06 bits per heavy atom. The van der Waals surface area contributed by atoms with E-state index in [4.69, 9.17) is 9.84 Å². The van der Waals surface area contributed by atoms with Crippen LogP contribution in [0.3, 0.4) is 0 Å². The number of rotatable bonds is 9. The van der Waals surface area contributed by atoms with Gasteiger partial charge in [0.05, 0.1) is 7.11 Å². The summed E-state index contributed by atoms with van der Waals surface area (Å²) >= 11 is 1.78. The first-order chi connectivity index (χ1) is 8.35. The van der Waals surface area contributed by atoms with Crippen LogP contribution < -0.4 is 5.32 Å². The molecule has 0 rings (SSSR count). The maximum atomic E-state index is 11.8. The molecule has 0 amide bonds. The van der Waals surface area contributed by atoms with E-state index in [9.17, 15) is 4.79 Å². The Labute approximate surface area is 115 Å². The van der Waals surface area contributed by atoms with E-state index < -0.39 is 5.54 Å². The van der Waals surface area contributed by atoms with Gasteiger partial charge in [0, 0.05) is 17.9 Å². The Morgan fingerprint density at radius 1 is 1.44 bits per heavy atom. The van der Waals surface area contributed by atoms with Crippen molar-refractivity contribution in [3.63, 3.8) is 0 Å². The predicted molar refractivity (Wildman–Crippen MR) is 76.9 cm³/mol. The standard InChI is InChI=1S/C13H27NO3S/c1-10(2)14-13(4,12(16)17-5)7-9-18-11(3)6-8-15/h10-11,14-15H,6-9H2,1-5H3. The molecule has 0 spiro atoms. The highest BCUT2D eigenvalue weighted by atomic mass is 32.2. The van der Waals surface area contributed by atoms with Gasteiger partial charge < -0.3 is 9.84 Å². The lowest BCUT2D eigenvalue weighted by molar-refractivity contribution is -0.148. The largest absolute Gasteiger partial charge is 0.468 e. The fraction of sp³-hybridized carbons (Fsp3) is 0.923. The molecule has 2 N–H and O–H groups in total. The molecule has 0 fully saturated rings. The van der Waals surface area contributed by atoms with Gasteiger partial charge in [0.15, 0.2) is 0 Å². The van der Waals surface area contributed by atoms with E-state index in [0.29, 0.717) is 5.25 Å². The molecular formula is C13H27NO3S. The molecule has 5 heteroatoms. The van der Waals surface area contributed by atoms with Crippen LogP contribution in [0.5, 0.6) is 0 Å². The predicted octanol–water partition coefficient (Wildman–Crippen LogP) is 1.81. The molecule has 0 saturated carbocycles. The molecular weight excluding hydrogens is 250 g/mol. The smallest absolute Gasteiger partial charge is 0.325 e. The van der Waals surface area contributed by atoms with Crippen LogP contribution in [0.15, 0.2) is 0 Å². The van der Waals surface area contributed by atoms with E-state index in [1.807, 2.05) is 20.8 Å². The van der Waals surface area contributed by atoms with Crippen molar-refractivity contribution in [2.45, 2.75) is 57.4 Å². The van der Waals surface area contributed by atoms with E-state index in [2.05, 4.69) is 12.2 Å². The summed E-state index contributed by atoms with van der Waals surface area (Å²) in [6, 6.07) is 0.231. The summed E-state index contributed by atoms with van der Waals surface area (Å²) in [5.41, 5.74) is -0.630. The summed E-state index contributed by atoms with van der Waals surface area (Å²) in [5.74, 6) is 0.651. The van der Waals surface area contributed by atoms with E-state index in [0.717, 1.165) is 18.6 Å². The van der Waals surface area contributed by atoms with Crippen LogP contribution >= 0.6 is 11.8 Å². The third kappa shape index (κ3) is 6.61. The molecule has 2 unspecified atom stereocenters. The molecule has 0 aliphatic rings. The van der Waals surface area contributed by atoms with Gasteiger partial charge in [-0.2, -0.15) is 11.8 Å². The summed E-state index contributed by atoms with van der Waals surface area (Å²) in [5, 5.41) is 12.5. The second-order valence-corrected chi connectivity index (χ2v) is 6.61. The number of thioether (sulfide) groups is 1. The SMILES string of the molecule is COC(=O)C(C)(CCSC(C)CCO)NC(C)C. The van der Waals surface area contributed by atoms with Crippen molar-refractivity contribution in [1.82, 2.24) is 5.32 Å². The lowest BCUT2D eigenvalue weighted by Gasteiger charge is -2.30. The third-order valence-corrected chi connectivity index (χ3v) is 4.03. The lowest BCUT2D eigenvalue weighted by Crippen LogP contribution is -2.53. The number of aliphatic hydroxyl groups is 1. The number of carbonyl (C=O) groups excluding carboxylic acids is 1. The van der Waals surface area contributed by atoms with Crippen molar-refractivity contribution in [2.24, 2.45) is 0 Å². The van der Waals surface area contributed by atoms with Gasteiger partial charge in [-0.15, -0.1) is 0 Å². The highest BCUT2D eigenvalue weighted by molar-refractivity contribution is 7.99. The first kappa shape index (κ1) is 17.7. The lowest BCUT2D eigenvalue weighted by atomic mass is 9.98. The zero-order chi connectivity index (χ0) is 14.2. The number of esters is 1. The topological polar surface area (TPSA) is 58.6 Å². The zero-order valence-electron chi connectivity index (χ0n) is 12.2. The number of hydrogen-bond donors (Lipinski definition) is 2. The van der Waals surface area contributed by atoms with E-state index in [-0.39, 0.29) is 18.6 Å². The Balaban J connectivity index is 4.29. The molecule has 108 valence electrons. The van der Waals surface area contributed by atoms with E-state index >= 15 is 0 Å². The van der Waals surface area contributed by atoms with Crippen LogP contribution in [0.4, 0.5) is 0 Å². The van der Waals surface area contributed by atoms with Crippen molar-refractivity contribution in [1.29, 1.82) is 0 Å². The van der Waals surface area contributed by atoms with Crippen molar-refractivity contribution < 1.29 is 14.6 Å². The van der Waals surface area contributed by atoms with Crippen LogP contribution in [0.2, 0.25) is 0 Å². The maximum Gasteiger partial charge on any atom is 0.325 e. The van der Waals surface area contributed by atoms with Crippen molar-refractivity contribution in [3.05, 3.63) is 0 Å². The Morgan fingerprint density at radius 3 is 2.50 bits per heavy atom. The Hall–Kier alpha value is -0.260.